The molecule has 0 spiro atoms. The summed E-state index contributed by atoms with van der Waals surface area (Å²) in [6, 6.07) is 7.55. The molecule has 0 aromatic heterocycles. The van der Waals surface area contributed by atoms with E-state index in [4.69, 9.17) is 4.74 Å². The number of carbonyl (C=O) groups excluding carboxylic acids is 1. The molecular formula is C24H37BrO2. The van der Waals surface area contributed by atoms with Gasteiger partial charge in [-0.25, -0.2) is 0 Å². The Hall–Kier alpha value is -1.09. The zero-order valence-electron chi connectivity index (χ0n) is 17.1. The summed E-state index contributed by atoms with van der Waals surface area (Å²) >= 11 is 3.25. The summed E-state index contributed by atoms with van der Waals surface area (Å²) in [5.74, 6) is 0.503. The molecule has 1 aromatic carbocycles. The first-order valence-electron chi connectivity index (χ1n) is 10.8. The van der Waals surface area contributed by atoms with Crippen LogP contribution in [0, 0.1) is 0 Å². The Labute approximate surface area is 174 Å². The molecule has 0 fully saturated rings. The smallest absolute Gasteiger partial charge is 0.311 e. The molecule has 1 aromatic rings. The van der Waals surface area contributed by atoms with Gasteiger partial charge in [-0.2, -0.15) is 0 Å². The van der Waals surface area contributed by atoms with E-state index in [0.29, 0.717) is 12.2 Å². The third kappa shape index (κ3) is 13.7. The lowest BCUT2D eigenvalue weighted by molar-refractivity contribution is -0.134. The molecule has 0 bridgehead atoms. The van der Waals surface area contributed by atoms with Crippen molar-refractivity contribution in [2.75, 3.05) is 0 Å². The fraction of sp³-hybridized carbons (Fsp3) is 0.625. The number of esters is 1. The summed E-state index contributed by atoms with van der Waals surface area (Å²) in [5.41, 5.74) is 1.07. The van der Waals surface area contributed by atoms with Crippen molar-refractivity contribution < 1.29 is 9.53 Å². The van der Waals surface area contributed by atoms with Gasteiger partial charge >= 0.3 is 5.97 Å². The lowest BCUT2D eigenvalue weighted by Gasteiger charge is -2.05. The summed E-state index contributed by atoms with van der Waals surface area (Å²) in [4.78, 5) is 13.7. The maximum Gasteiger partial charge on any atom is 0.311 e. The molecular weight excluding hydrogens is 400 g/mol. The highest BCUT2D eigenvalue weighted by molar-refractivity contribution is 9.11. The maximum absolute atomic E-state index is 11.9. The summed E-state index contributed by atoms with van der Waals surface area (Å²) in [7, 11) is 0. The van der Waals surface area contributed by atoms with E-state index in [2.05, 4.69) is 22.9 Å². The standard InChI is InChI=1S/C24H37BrO2/c1-2-3-4-5-6-7-8-9-10-11-12-13-14-15-24(26)27-23-18-16-22(17-19-23)20-21-25/h16-21H,2-15H2,1H3/b21-20+. The molecule has 1 rings (SSSR count). The minimum atomic E-state index is -0.123. The molecule has 0 atom stereocenters. The number of hydrogen-bond donors (Lipinski definition) is 0. The molecule has 0 radical (unpaired) electrons. The van der Waals surface area contributed by atoms with Crippen molar-refractivity contribution in [3.05, 3.63) is 34.8 Å². The number of carbonyl (C=O) groups is 1. The molecule has 0 aliphatic rings. The predicted molar refractivity (Wildman–Crippen MR) is 120 cm³/mol. The lowest BCUT2D eigenvalue weighted by atomic mass is 10.0. The quantitative estimate of drug-likeness (QED) is 0.147. The van der Waals surface area contributed by atoms with Gasteiger partial charge in [0.15, 0.2) is 0 Å². The van der Waals surface area contributed by atoms with Crippen LogP contribution in [0.25, 0.3) is 6.08 Å². The van der Waals surface area contributed by atoms with E-state index < -0.39 is 0 Å². The summed E-state index contributed by atoms with van der Waals surface area (Å²) in [6.45, 7) is 2.27. The second-order valence-corrected chi connectivity index (χ2v) is 7.86. The van der Waals surface area contributed by atoms with Crippen LogP contribution in [0.5, 0.6) is 5.75 Å². The van der Waals surface area contributed by atoms with Crippen LogP contribution in [-0.2, 0) is 4.79 Å². The molecule has 3 heteroatoms. The number of ether oxygens (including phenoxy) is 1. The van der Waals surface area contributed by atoms with Gasteiger partial charge in [-0.3, -0.25) is 4.79 Å². The van der Waals surface area contributed by atoms with Crippen molar-refractivity contribution in [2.45, 2.75) is 96.8 Å². The van der Waals surface area contributed by atoms with Crippen LogP contribution in [0.1, 0.15) is 102 Å². The molecule has 0 unspecified atom stereocenters. The van der Waals surface area contributed by atoms with E-state index >= 15 is 0 Å². The Morgan fingerprint density at radius 1 is 0.815 bits per heavy atom. The van der Waals surface area contributed by atoms with Crippen molar-refractivity contribution in [2.24, 2.45) is 0 Å². The summed E-state index contributed by atoms with van der Waals surface area (Å²) < 4.78 is 5.38. The fourth-order valence-corrected chi connectivity index (χ4v) is 3.49. The van der Waals surface area contributed by atoms with Crippen LogP contribution in [-0.4, -0.2) is 5.97 Å². The largest absolute Gasteiger partial charge is 0.427 e. The number of benzene rings is 1. The molecule has 2 nitrogen and oxygen atoms in total. The second kappa shape index (κ2) is 17.0. The molecule has 27 heavy (non-hydrogen) atoms. The van der Waals surface area contributed by atoms with Crippen LogP contribution >= 0.6 is 15.9 Å². The monoisotopic (exact) mass is 436 g/mol. The van der Waals surface area contributed by atoms with Gasteiger partial charge in [0.2, 0.25) is 0 Å². The van der Waals surface area contributed by atoms with Gasteiger partial charge in [0.25, 0.3) is 0 Å². The van der Waals surface area contributed by atoms with Crippen molar-refractivity contribution in [3.8, 4) is 5.75 Å². The summed E-state index contributed by atoms with van der Waals surface area (Å²) in [5, 5.41) is 0. The topological polar surface area (TPSA) is 26.3 Å². The molecule has 0 saturated carbocycles. The second-order valence-electron chi connectivity index (χ2n) is 7.33. The Balaban J connectivity index is 1.92. The summed E-state index contributed by atoms with van der Waals surface area (Å²) in [6.07, 6.45) is 19.5. The number of hydrogen-bond acceptors (Lipinski definition) is 2. The highest BCUT2D eigenvalue weighted by Gasteiger charge is 2.04. The van der Waals surface area contributed by atoms with Crippen LogP contribution in [0.3, 0.4) is 0 Å². The first-order valence-corrected chi connectivity index (χ1v) is 11.8. The fourth-order valence-electron chi connectivity index (χ4n) is 3.19. The van der Waals surface area contributed by atoms with Gasteiger partial charge in [0.05, 0.1) is 0 Å². The van der Waals surface area contributed by atoms with Gasteiger partial charge in [0, 0.05) is 6.42 Å². The van der Waals surface area contributed by atoms with Crippen LogP contribution in [0.2, 0.25) is 0 Å². The van der Waals surface area contributed by atoms with Crippen molar-refractivity contribution in [3.63, 3.8) is 0 Å². The van der Waals surface area contributed by atoms with E-state index in [9.17, 15) is 4.79 Å². The lowest BCUT2D eigenvalue weighted by Crippen LogP contribution is -2.07. The molecule has 0 saturated heterocycles. The van der Waals surface area contributed by atoms with Gasteiger partial charge in [-0.05, 0) is 35.2 Å². The number of unbranched alkanes of at least 4 members (excludes halogenated alkanes) is 12. The zero-order valence-corrected chi connectivity index (χ0v) is 18.6. The Morgan fingerprint density at radius 3 is 1.78 bits per heavy atom. The Bertz CT molecular complexity index is 508. The van der Waals surface area contributed by atoms with Crippen molar-refractivity contribution in [1.82, 2.24) is 0 Å². The molecule has 152 valence electrons. The molecule has 0 amide bonds. The van der Waals surface area contributed by atoms with Gasteiger partial charge in [-0.15, -0.1) is 0 Å². The van der Waals surface area contributed by atoms with Crippen LogP contribution in [0.4, 0.5) is 0 Å². The van der Waals surface area contributed by atoms with Gasteiger partial charge < -0.3 is 4.74 Å². The van der Waals surface area contributed by atoms with E-state index in [1.54, 1.807) is 0 Å². The first kappa shape index (κ1) is 23.9. The van der Waals surface area contributed by atoms with Crippen molar-refractivity contribution >= 4 is 28.0 Å². The number of halogens is 1. The minimum absolute atomic E-state index is 0.123. The van der Waals surface area contributed by atoms with Crippen molar-refractivity contribution in [1.29, 1.82) is 0 Å². The number of rotatable bonds is 16. The van der Waals surface area contributed by atoms with E-state index in [1.165, 1.54) is 70.6 Å². The zero-order chi connectivity index (χ0) is 19.6. The average Bonchev–Trinajstić information content (AvgIpc) is 2.67. The molecule has 0 aliphatic heterocycles. The predicted octanol–water partition coefficient (Wildman–Crippen LogP) is 8.44. The first-order chi connectivity index (χ1) is 13.3. The third-order valence-corrected chi connectivity index (χ3v) is 5.12. The normalized spacial score (nSPS) is 11.2. The third-order valence-electron chi connectivity index (χ3n) is 4.85. The van der Waals surface area contributed by atoms with Crippen LogP contribution < -0.4 is 4.74 Å². The van der Waals surface area contributed by atoms with Crippen LogP contribution in [0.15, 0.2) is 29.3 Å². The molecule has 0 aliphatic carbocycles. The highest BCUT2D eigenvalue weighted by atomic mass is 79.9. The minimum Gasteiger partial charge on any atom is -0.427 e. The SMILES string of the molecule is CCCCCCCCCCCCCCCC(=O)Oc1ccc(/C=C/Br)cc1. The Kier molecular flexibility index (Phi) is 15.1. The Morgan fingerprint density at radius 2 is 1.30 bits per heavy atom. The highest BCUT2D eigenvalue weighted by Crippen LogP contribution is 2.16. The maximum atomic E-state index is 11.9. The van der Waals surface area contributed by atoms with E-state index in [-0.39, 0.29) is 5.97 Å². The van der Waals surface area contributed by atoms with E-state index in [0.717, 1.165) is 18.4 Å². The van der Waals surface area contributed by atoms with Gasteiger partial charge in [-0.1, -0.05) is 112 Å². The average molecular weight is 437 g/mol. The van der Waals surface area contributed by atoms with E-state index in [1.807, 2.05) is 35.3 Å². The molecule has 0 heterocycles. The molecule has 0 N–H and O–H groups in total. The van der Waals surface area contributed by atoms with Gasteiger partial charge in [0.1, 0.15) is 5.75 Å².